The molecule has 0 amide bonds. The molecule has 20 heavy (non-hydrogen) atoms. The summed E-state index contributed by atoms with van der Waals surface area (Å²) < 4.78 is 38.5. The molecule has 2 aromatic rings. The van der Waals surface area contributed by atoms with Crippen LogP contribution in [-0.4, -0.2) is 26.3 Å². The van der Waals surface area contributed by atoms with E-state index in [-0.39, 0.29) is 11.8 Å². The van der Waals surface area contributed by atoms with Gasteiger partial charge in [-0.15, -0.1) is 0 Å². The lowest BCUT2D eigenvalue weighted by Crippen LogP contribution is -2.10. The Labute approximate surface area is 112 Å². The van der Waals surface area contributed by atoms with Crippen LogP contribution in [0.5, 0.6) is 0 Å². The molecule has 108 valence electrons. The van der Waals surface area contributed by atoms with E-state index in [9.17, 15) is 13.2 Å². The van der Waals surface area contributed by atoms with Gasteiger partial charge in [0.25, 0.3) is 0 Å². The molecule has 0 fully saturated rings. The van der Waals surface area contributed by atoms with Gasteiger partial charge in [-0.2, -0.15) is 28.2 Å². The van der Waals surface area contributed by atoms with Gasteiger partial charge in [0.05, 0.1) is 0 Å². The molecule has 9 heteroatoms. The van der Waals surface area contributed by atoms with Crippen LogP contribution in [-0.2, 0) is 6.18 Å². The van der Waals surface area contributed by atoms with Gasteiger partial charge in [-0.3, -0.25) is 0 Å². The minimum atomic E-state index is -4.49. The fraction of sp³-hybridized carbons (Fsp3) is 0.364. The lowest BCUT2D eigenvalue weighted by Gasteiger charge is -2.07. The van der Waals surface area contributed by atoms with Crippen molar-refractivity contribution < 1.29 is 13.2 Å². The van der Waals surface area contributed by atoms with Gasteiger partial charge < -0.3 is 11.1 Å². The quantitative estimate of drug-likeness (QED) is 0.899. The summed E-state index contributed by atoms with van der Waals surface area (Å²) >= 11 is 0. The summed E-state index contributed by atoms with van der Waals surface area (Å²) in [5, 5.41) is 6.42. The van der Waals surface area contributed by atoms with Gasteiger partial charge in [0.1, 0.15) is 5.82 Å². The summed E-state index contributed by atoms with van der Waals surface area (Å²) in [5.74, 6) is 0.579. The van der Waals surface area contributed by atoms with Crippen LogP contribution in [0.3, 0.4) is 0 Å². The molecule has 2 heterocycles. The molecule has 0 radical (unpaired) electrons. The molecule has 2 rings (SSSR count). The summed E-state index contributed by atoms with van der Waals surface area (Å²) in [4.78, 5) is 7.81. The number of halogens is 3. The van der Waals surface area contributed by atoms with Crippen molar-refractivity contribution in [3.8, 4) is 5.82 Å². The predicted octanol–water partition coefficient (Wildman–Crippen LogP) is 2.09. The average molecular weight is 286 g/mol. The zero-order valence-corrected chi connectivity index (χ0v) is 10.6. The molecule has 0 aliphatic rings. The molecule has 0 atom stereocenters. The highest BCUT2D eigenvalue weighted by atomic mass is 19.4. The molecule has 0 bridgehead atoms. The third kappa shape index (κ3) is 3.16. The standard InChI is InChI=1S/C11H13F3N6/c1-2-4-16-8-6-9(18-10(15)17-8)20-5-3-7(19-20)11(12,13)14/h3,5-6H,2,4H2,1H3,(H3,15,16,17,18). The van der Waals surface area contributed by atoms with Crippen molar-refractivity contribution in [2.24, 2.45) is 0 Å². The minimum Gasteiger partial charge on any atom is -0.370 e. The van der Waals surface area contributed by atoms with Crippen LogP contribution in [0.15, 0.2) is 18.3 Å². The highest BCUT2D eigenvalue weighted by Gasteiger charge is 2.33. The summed E-state index contributed by atoms with van der Waals surface area (Å²) in [6.07, 6.45) is -2.44. The topological polar surface area (TPSA) is 81.7 Å². The molecular weight excluding hydrogens is 273 g/mol. The van der Waals surface area contributed by atoms with E-state index < -0.39 is 11.9 Å². The number of nitrogens with zero attached hydrogens (tertiary/aromatic N) is 4. The van der Waals surface area contributed by atoms with Crippen LogP contribution in [0.4, 0.5) is 24.9 Å². The van der Waals surface area contributed by atoms with Gasteiger partial charge in [-0.05, 0) is 12.5 Å². The summed E-state index contributed by atoms with van der Waals surface area (Å²) in [7, 11) is 0. The number of alkyl halides is 3. The predicted molar refractivity (Wildman–Crippen MR) is 67.3 cm³/mol. The second kappa shape index (κ2) is 5.35. The Morgan fingerprint density at radius 2 is 2.10 bits per heavy atom. The first kappa shape index (κ1) is 14.1. The van der Waals surface area contributed by atoms with Crippen molar-refractivity contribution >= 4 is 11.8 Å². The Bertz CT molecular complexity index is 592. The monoisotopic (exact) mass is 286 g/mol. The first-order chi connectivity index (χ1) is 9.40. The minimum absolute atomic E-state index is 0.0369. The Morgan fingerprint density at radius 1 is 1.35 bits per heavy atom. The molecule has 0 aliphatic carbocycles. The van der Waals surface area contributed by atoms with Crippen molar-refractivity contribution in [3.05, 3.63) is 24.0 Å². The van der Waals surface area contributed by atoms with E-state index >= 15 is 0 Å². The van der Waals surface area contributed by atoms with Gasteiger partial charge >= 0.3 is 6.18 Å². The van der Waals surface area contributed by atoms with Crippen molar-refractivity contribution in [1.29, 1.82) is 0 Å². The van der Waals surface area contributed by atoms with Gasteiger partial charge in [-0.25, -0.2) is 4.68 Å². The zero-order chi connectivity index (χ0) is 14.8. The van der Waals surface area contributed by atoms with E-state index in [1.54, 1.807) is 0 Å². The van der Waals surface area contributed by atoms with Crippen LogP contribution in [0.2, 0.25) is 0 Å². The second-order valence-corrected chi connectivity index (χ2v) is 4.04. The first-order valence-corrected chi connectivity index (χ1v) is 5.92. The number of hydrogen-bond donors (Lipinski definition) is 2. The Hall–Kier alpha value is -2.32. The van der Waals surface area contributed by atoms with E-state index in [1.165, 1.54) is 12.3 Å². The first-order valence-electron chi connectivity index (χ1n) is 5.92. The average Bonchev–Trinajstić information content (AvgIpc) is 2.85. The van der Waals surface area contributed by atoms with E-state index in [2.05, 4.69) is 20.4 Å². The van der Waals surface area contributed by atoms with E-state index in [1.807, 2.05) is 6.92 Å². The molecule has 0 aliphatic heterocycles. The maximum Gasteiger partial charge on any atom is 0.435 e. The Morgan fingerprint density at radius 3 is 2.70 bits per heavy atom. The molecule has 0 saturated carbocycles. The van der Waals surface area contributed by atoms with Crippen molar-refractivity contribution in [1.82, 2.24) is 19.7 Å². The van der Waals surface area contributed by atoms with E-state index in [4.69, 9.17) is 5.73 Å². The largest absolute Gasteiger partial charge is 0.435 e. The fourth-order valence-corrected chi connectivity index (χ4v) is 1.52. The third-order valence-electron chi connectivity index (χ3n) is 2.40. The smallest absolute Gasteiger partial charge is 0.370 e. The summed E-state index contributed by atoms with van der Waals surface area (Å²) in [6.45, 7) is 2.64. The third-order valence-corrected chi connectivity index (χ3v) is 2.40. The van der Waals surface area contributed by atoms with Gasteiger partial charge in [0.2, 0.25) is 5.95 Å². The van der Waals surface area contributed by atoms with Gasteiger partial charge in [0.15, 0.2) is 11.5 Å². The summed E-state index contributed by atoms with van der Waals surface area (Å²) in [6, 6.07) is 2.36. The highest BCUT2D eigenvalue weighted by molar-refractivity contribution is 5.45. The van der Waals surface area contributed by atoms with Crippen LogP contribution < -0.4 is 11.1 Å². The number of anilines is 2. The molecular formula is C11H13F3N6. The number of nitrogens with two attached hydrogens (primary N) is 1. The van der Waals surface area contributed by atoms with E-state index in [0.717, 1.165) is 17.2 Å². The van der Waals surface area contributed by atoms with E-state index in [0.29, 0.717) is 12.4 Å². The number of aromatic nitrogens is 4. The fourth-order valence-electron chi connectivity index (χ4n) is 1.52. The highest BCUT2D eigenvalue weighted by Crippen LogP contribution is 2.27. The maximum atomic E-state index is 12.5. The van der Waals surface area contributed by atoms with Crippen molar-refractivity contribution in [2.75, 3.05) is 17.6 Å². The molecule has 0 unspecified atom stereocenters. The van der Waals surface area contributed by atoms with Gasteiger partial charge in [0, 0.05) is 18.8 Å². The molecule has 0 saturated heterocycles. The normalized spacial score (nSPS) is 11.6. The molecule has 0 spiro atoms. The molecule has 6 nitrogen and oxygen atoms in total. The lowest BCUT2D eigenvalue weighted by molar-refractivity contribution is -0.141. The van der Waals surface area contributed by atoms with Gasteiger partial charge in [-0.1, -0.05) is 6.92 Å². The van der Waals surface area contributed by atoms with Crippen LogP contribution in [0.1, 0.15) is 19.0 Å². The van der Waals surface area contributed by atoms with Crippen molar-refractivity contribution in [2.45, 2.75) is 19.5 Å². The molecule has 2 aromatic heterocycles. The maximum absolute atomic E-state index is 12.5. The van der Waals surface area contributed by atoms with Crippen molar-refractivity contribution in [3.63, 3.8) is 0 Å². The van der Waals surface area contributed by atoms with Crippen LogP contribution in [0, 0.1) is 0 Å². The number of rotatable bonds is 4. The lowest BCUT2D eigenvalue weighted by atomic mass is 10.4. The molecule has 0 aromatic carbocycles. The number of nitrogen functional groups attached to an aromatic ring is 1. The summed E-state index contributed by atoms with van der Waals surface area (Å²) in [5.41, 5.74) is 4.55. The Balaban J connectivity index is 2.32. The Kier molecular flexibility index (Phi) is 3.77. The SMILES string of the molecule is CCCNc1cc(-n2ccc(C(F)(F)F)n2)nc(N)n1. The number of nitrogens with one attached hydrogen (secondary N) is 1. The van der Waals surface area contributed by atoms with Crippen LogP contribution in [0.25, 0.3) is 5.82 Å². The molecule has 3 N–H and O–H groups in total. The van der Waals surface area contributed by atoms with Crippen LogP contribution >= 0.6 is 0 Å². The zero-order valence-electron chi connectivity index (χ0n) is 10.6. The number of hydrogen-bond acceptors (Lipinski definition) is 5. The second-order valence-electron chi connectivity index (χ2n) is 4.04.